The van der Waals surface area contributed by atoms with Gasteiger partial charge in [-0.05, 0) is 37.5 Å². The van der Waals surface area contributed by atoms with Gasteiger partial charge >= 0.3 is 0 Å². The molecule has 0 saturated carbocycles. The normalized spacial score (nSPS) is 11.9. The Kier molecular flexibility index (Phi) is 5.36. The summed E-state index contributed by atoms with van der Waals surface area (Å²) in [6.45, 7) is 4.07. The van der Waals surface area contributed by atoms with Gasteiger partial charge in [0.1, 0.15) is 5.82 Å². The molecule has 0 aliphatic heterocycles. The fourth-order valence-electron chi connectivity index (χ4n) is 1.74. The molecule has 0 aromatic heterocycles. The van der Waals surface area contributed by atoms with Gasteiger partial charge in [0.2, 0.25) is 5.91 Å². The number of halogens is 1. The Balaban J connectivity index is 2.47. The molecule has 3 nitrogen and oxygen atoms in total. The number of nitrogens with two attached hydrogens (primary N) is 1. The summed E-state index contributed by atoms with van der Waals surface area (Å²) < 4.78 is 12.9. The standard InChI is InChI=1S/C14H19FN2O/c1-3-13(10(2)16)14(18)17-8-7-11-5-4-6-12(15)9-11/h4-6,9H,3,7-8,16H2,1-2H3,(H,17,18)/b13-10+. The molecule has 0 fully saturated rings. The number of rotatable bonds is 5. The number of amides is 1. The second-order valence-corrected chi connectivity index (χ2v) is 4.15. The largest absolute Gasteiger partial charge is 0.402 e. The quantitative estimate of drug-likeness (QED) is 0.786. The third-order valence-electron chi connectivity index (χ3n) is 2.69. The van der Waals surface area contributed by atoms with Crippen LogP contribution in [-0.4, -0.2) is 12.5 Å². The van der Waals surface area contributed by atoms with Crippen LogP contribution in [0.5, 0.6) is 0 Å². The molecule has 18 heavy (non-hydrogen) atoms. The number of allylic oxidation sites excluding steroid dienone is 1. The third-order valence-corrected chi connectivity index (χ3v) is 2.69. The lowest BCUT2D eigenvalue weighted by atomic mass is 10.1. The molecule has 0 spiro atoms. The van der Waals surface area contributed by atoms with Crippen LogP contribution in [0.1, 0.15) is 25.8 Å². The minimum atomic E-state index is -0.259. The predicted octanol–water partition coefficient (Wildman–Crippen LogP) is 2.13. The number of hydrogen-bond acceptors (Lipinski definition) is 2. The van der Waals surface area contributed by atoms with E-state index in [1.807, 2.05) is 13.0 Å². The Labute approximate surface area is 107 Å². The highest BCUT2D eigenvalue weighted by atomic mass is 19.1. The van der Waals surface area contributed by atoms with Crippen molar-refractivity contribution in [3.8, 4) is 0 Å². The second kappa shape index (κ2) is 6.79. The Morgan fingerprint density at radius 1 is 1.44 bits per heavy atom. The number of nitrogens with one attached hydrogen (secondary N) is 1. The molecule has 0 aliphatic rings. The monoisotopic (exact) mass is 250 g/mol. The van der Waals surface area contributed by atoms with Crippen LogP contribution in [0.15, 0.2) is 35.5 Å². The topological polar surface area (TPSA) is 55.1 Å². The van der Waals surface area contributed by atoms with E-state index in [9.17, 15) is 9.18 Å². The van der Waals surface area contributed by atoms with Gasteiger partial charge in [-0.2, -0.15) is 0 Å². The van der Waals surface area contributed by atoms with Crippen LogP contribution in [0.2, 0.25) is 0 Å². The van der Waals surface area contributed by atoms with E-state index < -0.39 is 0 Å². The number of carbonyl (C=O) groups is 1. The van der Waals surface area contributed by atoms with Gasteiger partial charge in [-0.1, -0.05) is 19.1 Å². The minimum absolute atomic E-state index is 0.145. The predicted molar refractivity (Wildman–Crippen MR) is 70.3 cm³/mol. The average molecular weight is 250 g/mol. The van der Waals surface area contributed by atoms with Crippen molar-refractivity contribution in [1.29, 1.82) is 0 Å². The van der Waals surface area contributed by atoms with Crippen LogP contribution in [0.4, 0.5) is 4.39 Å². The van der Waals surface area contributed by atoms with Gasteiger partial charge in [0.15, 0.2) is 0 Å². The summed E-state index contributed by atoms with van der Waals surface area (Å²) in [5.41, 5.74) is 7.63. The number of benzene rings is 1. The van der Waals surface area contributed by atoms with Gasteiger partial charge in [0, 0.05) is 17.8 Å². The molecule has 0 atom stereocenters. The lowest BCUT2D eigenvalue weighted by Crippen LogP contribution is -2.28. The first-order valence-electron chi connectivity index (χ1n) is 6.02. The third kappa shape index (κ3) is 4.20. The summed E-state index contributed by atoms with van der Waals surface area (Å²) in [7, 11) is 0. The molecule has 0 saturated heterocycles. The van der Waals surface area contributed by atoms with Gasteiger partial charge < -0.3 is 11.1 Å². The molecular formula is C14H19FN2O. The van der Waals surface area contributed by atoms with E-state index in [1.54, 1.807) is 13.0 Å². The molecule has 98 valence electrons. The van der Waals surface area contributed by atoms with E-state index in [2.05, 4.69) is 5.32 Å². The minimum Gasteiger partial charge on any atom is -0.402 e. The van der Waals surface area contributed by atoms with Crippen molar-refractivity contribution in [2.45, 2.75) is 26.7 Å². The lowest BCUT2D eigenvalue weighted by molar-refractivity contribution is -0.117. The van der Waals surface area contributed by atoms with Gasteiger partial charge in [0.05, 0.1) is 0 Å². The molecule has 0 bridgehead atoms. The molecule has 1 aromatic rings. The van der Waals surface area contributed by atoms with Gasteiger partial charge in [-0.25, -0.2) is 4.39 Å². The van der Waals surface area contributed by atoms with Gasteiger partial charge in [0.25, 0.3) is 0 Å². The zero-order chi connectivity index (χ0) is 13.5. The Hall–Kier alpha value is -1.84. The summed E-state index contributed by atoms with van der Waals surface area (Å²) in [6, 6.07) is 6.36. The fourth-order valence-corrected chi connectivity index (χ4v) is 1.74. The van der Waals surface area contributed by atoms with Crippen molar-refractivity contribution in [3.63, 3.8) is 0 Å². The van der Waals surface area contributed by atoms with Crippen molar-refractivity contribution in [2.24, 2.45) is 5.73 Å². The Morgan fingerprint density at radius 2 is 2.17 bits per heavy atom. The van der Waals surface area contributed by atoms with Gasteiger partial charge in [-0.3, -0.25) is 4.79 Å². The molecule has 0 unspecified atom stereocenters. The van der Waals surface area contributed by atoms with E-state index in [0.29, 0.717) is 30.7 Å². The van der Waals surface area contributed by atoms with E-state index >= 15 is 0 Å². The molecule has 0 heterocycles. The van der Waals surface area contributed by atoms with Gasteiger partial charge in [-0.15, -0.1) is 0 Å². The number of hydrogen-bond donors (Lipinski definition) is 2. The first-order chi connectivity index (χ1) is 8.54. The van der Waals surface area contributed by atoms with Crippen molar-refractivity contribution in [1.82, 2.24) is 5.32 Å². The summed E-state index contributed by atoms with van der Waals surface area (Å²) in [4.78, 5) is 11.7. The smallest absolute Gasteiger partial charge is 0.248 e. The summed E-state index contributed by atoms with van der Waals surface area (Å²) in [5, 5.41) is 2.78. The molecule has 4 heteroatoms. The maximum atomic E-state index is 12.9. The molecule has 3 N–H and O–H groups in total. The fraction of sp³-hybridized carbons (Fsp3) is 0.357. The zero-order valence-corrected chi connectivity index (χ0v) is 10.8. The molecular weight excluding hydrogens is 231 g/mol. The zero-order valence-electron chi connectivity index (χ0n) is 10.8. The molecule has 0 radical (unpaired) electrons. The van der Waals surface area contributed by atoms with Crippen molar-refractivity contribution in [3.05, 3.63) is 46.9 Å². The van der Waals surface area contributed by atoms with Crippen LogP contribution in [0.3, 0.4) is 0 Å². The van der Waals surface area contributed by atoms with Crippen molar-refractivity contribution >= 4 is 5.91 Å². The van der Waals surface area contributed by atoms with Crippen LogP contribution < -0.4 is 11.1 Å². The highest BCUT2D eigenvalue weighted by molar-refractivity contribution is 5.93. The SMILES string of the molecule is CC/C(C(=O)NCCc1cccc(F)c1)=C(/C)N. The molecule has 1 rings (SSSR count). The lowest BCUT2D eigenvalue weighted by Gasteiger charge is -2.08. The van der Waals surface area contributed by atoms with Crippen LogP contribution in [0.25, 0.3) is 0 Å². The highest BCUT2D eigenvalue weighted by Gasteiger charge is 2.08. The number of carbonyl (C=O) groups excluding carboxylic acids is 1. The average Bonchev–Trinajstić information content (AvgIpc) is 2.29. The molecule has 0 aliphatic carbocycles. The Morgan fingerprint density at radius 3 is 2.72 bits per heavy atom. The van der Waals surface area contributed by atoms with Crippen LogP contribution >= 0.6 is 0 Å². The van der Waals surface area contributed by atoms with Crippen LogP contribution in [-0.2, 0) is 11.2 Å². The molecule has 1 aromatic carbocycles. The summed E-state index contributed by atoms with van der Waals surface area (Å²) in [6.07, 6.45) is 1.21. The van der Waals surface area contributed by atoms with Crippen molar-refractivity contribution in [2.75, 3.05) is 6.54 Å². The van der Waals surface area contributed by atoms with E-state index in [0.717, 1.165) is 5.56 Å². The van der Waals surface area contributed by atoms with E-state index in [1.165, 1.54) is 12.1 Å². The summed E-state index contributed by atoms with van der Waals surface area (Å²) >= 11 is 0. The first kappa shape index (κ1) is 14.2. The van der Waals surface area contributed by atoms with E-state index in [-0.39, 0.29) is 11.7 Å². The van der Waals surface area contributed by atoms with E-state index in [4.69, 9.17) is 5.73 Å². The first-order valence-corrected chi connectivity index (χ1v) is 6.02. The maximum absolute atomic E-state index is 12.9. The highest BCUT2D eigenvalue weighted by Crippen LogP contribution is 2.05. The Bertz CT molecular complexity index is 451. The second-order valence-electron chi connectivity index (χ2n) is 4.15. The summed E-state index contributed by atoms with van der Waals surface area (Å²) in [5.74, 6) is -0.403. The van der Waals surface area contributed by atoms with Crippen molar-refractivity contribution < 1.29 is 9.18 Å². The van der Waals surface area contributed by atoms with Crippen LogP contribution in [0, 0.1) is 5.82 Å². The maximum Gasteiger partial charge on any atom is 0.248 e. The molecule has 1 amide bonds.